The van der Waals surface area contributed by atoms with Crippen molar-refractivity contribution in [3.63, 3.8) is 0 Å². The first-order valence-electron chi connectivity index (χ1n) is 10.2. The van der Waals surface area contributed by atoms with Gasteiger partial charge in [-0.2, -0.15) is 0 Å². The molecule has 29 heavy (non-hydrogen) atoms. The number of hydrogen-bond donors (Lipinski definition) is 1. The first-order chi connectivity index (χ1) is 13.5. The highest BCUT2D eigenvalue weighted by atomic mass is 16.6. The van der Waals surface area contributed by atoms with Crippen molar-refractivity contribution >= 4 is 10.8 Å². The highest BCUT2D eigenvalue weighted by molar-refractivity contribution is 5.85. The van der Waals surface area contributed by atoms with Gasteiger partial charge in [0.15, 0.2) is 0 Å². The fourth-order valence-corrected chi connectivity index (χ4v) is 3.65. The SMILES string of the molecule is COc1cc2ccccc2cc1[C@@H]1OC(COC(C)(C)C)C(OC(C)(C)C)C1O. The fraction of sp³-hybridized carbons (Fsp3) is 0.583. The van der Waals surface area contributed by atoms with E-state index in [1.165, 1.54) is 0 Å². The summed E-state index contributed by atoms with van der Waals surface area (Å²) in [5.74, 6) is 0.694. The summed E-state index contributed by atoms with van der Waals surface area (Å²) in [5.41, 5.74) is 0.0934. The monoisotopic (exact) mass is 402 g/mol. The van der Waals surface area contributed by atoms with E-state index in [0.29, 0.717) is 12.4 Å². The maximum Gasteiger partial charge on any atom is 0.125 e. The maximum atomic E-state index is 11.2. The van der Waals surface area contributed by atoms with E-state index in [-0.39, 0.29) is 11.7 Å². The van der Waals surface area contributed by atoms with Gasteiger partial charge in [0.25, 0.3) is 0 Å². The molecule has 3 rings (SSSR count). The predicted molar refractivity (Wildman–Crippen MR) is 114 cm³/mol. The Kier molecular flexibility index (Phi) is 6.25. The third-order valence-electron chi connectivity index (χ3n) is 4.91. The Hall–Kier alpha value is -1.66. The zero-order chi connectivity index (χ0) is 21.4. The Morgan fingerprint density at radius 3 is 2.14 bits per heavy atom. The molecule has 5 heteroatoms. The molecule has 5 nitrogen and oxygen atoms in total. The van der Waals surface area contributed by atoms with E-state index < -0.39 is 23.9 Å². The van der Waals surface area contributed by atoms with Gasteiger partial charge in [-0.3, -0.25) is 0 Å². The summed E-state index contributed by atoms with van der Waals surface area (Å²) >= 11 is 0. The Morgan fingerprint density at radius 1 is 0.966 bits per heavy atom. The Bertz CT molecular complexity index is 833. The first-order valence-corrected chi connectivity index (χ1v) is 10.2. The van der Waals surface area contributed by atoms with Crippen molar-refractivity contribution in [2.45, 2.75) is 77.2 Å². The van der Waals surface area contributed by atoms with Crippen LogP contribution in [0.4, 0.5) is 0 Å². The zero-order valence-electron chi connectivity index (χ0n) is 18.6. The Labute approximate surface area is 173 Å². The average Bonchev–Trinajstić information content (AvgIpc) is 2.92. The molecule has 0 radical (unpaired) electrons. The highest BCUT2D eigenvalue weighted by Crippen LogP contribution is 2.42. The first kappa shape index (κ1) is 22.0. The van der Waals surface area contributed by atoms with Crippen LogP contribution < -0.4 is 4.74 Å². The molecule has 3 unspecified atom stereocenters. The third-order valence-corrected chi connectivity index (χ3v) is 4.91. The van der Waals surface area contributed by atoms with Crippen molar-refractivity contribution in [3.8, 4) is 5.75 Å². The summed E-state index contributed by atoms with van der Waals surface area (Å²) in [7, 11) is 1.64. The molecule has 0 spiro atoms. The van der Waals surface area contributed by atoms with Crippen LogP contribution in [0.1, 0.15) is 53.2 Å². The van der Waals surface area contributed by atoms with Crippen LogP contribution in [0, 0.1) is 0 Å². The van der Waals surface area contributed by atoms with Gasteiger partial charge in [0.2, 0.25) is 0 Å². The number of aliphatic hydroxyl groups is 1. The van der Waals surface area contributed by atoms with Gasteiger partial charge in [-0.25, -0.2) is 0 Å². The minimum absolute atomic E-state index is 0.306. The van der Waals surface area contributed by atoms with Crippen LogP contribution >= 0.6 is 0 Å². The van der Waals surface area contributed by atoms with Gasteiger partial charge in [0.05, 0.1) is 24.9 Å². The third kappa shape index (κ3) is 5.28. The maximum absolute atomic E-state index is 11.2. The number of ether oxygens (including phenoxy) is 4. The van der Waals surface area contributed by atoms with Gasteiger partial charge < -0.3 is 24.1 Å². The number of fused-ring (bicyclic) bond motifs is 1. The molecule has 160 valence electrons. The van der Waals surface area contributed by atoms with Gasteiger partial charge in [0, 0.05) is 5.56 Å². The van der Waals surface area contributed by atoms with Crippen LogP contribution in [0.3, 0.4) is 0 Å². The van der Waals surface area contributed by atoms with Crippen LogP contribution in [0.25, 0.3) is 10.8 Å². The summed E-state index contributed by atoms with van der Waals surface area (Å²) in [4.78, 5) is 0. The lowest BCUT2D eigenvalue weighted by Crippen LogP contribution is -2.42. The van der Waals surface area contributed by atoms with E-state index in [9.17, 15) is 5.11 Å². The second kappa shape index (κ2) is 8.23. The molecule has 0 aromatic heterocycles. The van der Waals surface area contributed by atoms with Crippen molar-refractivity contribution in [2.75, 3.05) is 13.7 Å². The van der Waals surface area contributed by atoms with Crippen LogP contribution in [-0.2, 0) is 14.2 Å². The minimum atomic E-state index is -0.835. The highest BCUT2D eigenvalue weighted by Gasteiger charge is 2.48. The Morgan fingerprint density at radius 2 is 1.59 bits per heavy atom. The summed E-state index contributed by atoms with van der Waals surface area (Å²) in [6.45, 7) is 12.3. The molecule has 1 aliphatic heterocycles. The second-order valence-corrected chi connectivity index (χ2v) is 9.65. The predicted octanol–water partition coefficient (Wildman–Crippen LogP) is 4.65. The lowest BCUT2D eigenvalue weighted by atomic mass is 9.97. The van der Waals surface area contributed by atoms with Crippen molar-refractivity contribution in [1.29, 1.82) is 0 Å². The number of rotatable bonds is 5. The van der Waals surface area contributed by atoms with Crippen LogP contribution in [0.5, 0.6) is 5.75 Å². The molecule has 1 fully saturated rings. The topological polar surface area (TPSA) is 57.2 Å². The Balaban J connectivity index is 1.95. The quantitative estimate of drug-likeness (QED) is 0.789. The van der Waals surface area contributed by atoms with Crippen molar-refractivity contribution in [3.05, 3.63) is 42.0 Å². The second-order valence-electron chi connectivity index (χ2n) is 9.65. The smallest absolute Gasteiger partial charge is 0.125 e. The molecule has 1 heterocycles. The van der Waals surface area contributed by atoms with Crippen LogP contribution in [-0.4, -0.2) is 48.3 Å². The van der Waals surface area contributed by atoms with Crippen molar-refractivity contribution < 1.29 is 24.1 Å². The molecular weight excluding hydrogens is 368 g/mol. The summed E-state index contributed by atoms with van der Waals surface area (Å²) in [5, 5.41) is 13.3. The summed E-state index contributed by atoms with van der Waals surface area (Å²) < 4.78 is 24.1. The summed E-state index contributed by atoms with van der Waals surface area (Å²) in [6.07, 6.45) is -2.28. The number of benzene rings is 2. The molecule has 1 N–H and O–H groups in total. The molecule has 0 saturated carbocycles. The molecule has 0 amide bonds. The standard InChI is InChI=1S/C24H34O5/c1-23(2,3)27-14-19-22(29-24(4,5)6)20(25)21(28-19)17-12-15-10-8-9-11-16(15)13-18(17)26-7/h8-13,19-22,25H,14H2,1-7H3/t19?,20?,21-,22?/m0/s1. The van der Waals surface area contributed by atoms with E-state index in [1.807, 2.05) is 77.9 Å². The average molecular weight is 403 g/mol. The number of methoxy groups -OCH3 is 1. The number of aliphatic hydroxyl groups excluding tert-OH is 1. The normalized spacial score (nSPS) is 25.5. The minimum Gasteiger partial charge on any atom is -0.496 e. The van der Waals surface area contributed by atoms with Gasteiger partial charge in [-0.05, 0) is 64.4 Å². The molecule has 0 aliphatic carbocycles. The zero-order valence-corrected chi connectivity index (χ0v) is 18.6. The van der Waals surface area contributed by atoms with Crippen molar-refractivity contribution in [1.82, 2.24) is 0 Å². The fourth-order valence-electron chi connectivity index (χ4n) is 3.65. The summed E-state index contributed by atoms with van der Waals surface area (Å²) in [6, 6.07) is 12.1. The molecule has 1 saturated heterocycles. The van der Waals surface area contributed by atoms with E-state index in [0.717, 1.165) is 16.3 Å². The van der Waals surface area contributed by atoms with Gasteiger partial charge >= 0.3 is 0 Å². The lowest BCUT2D eigenvalue weighted by Gasteiger charge is -2.30. The molecule has 4 atom stereocenters. The van der Waals surface area contributed by atoms with Crippen molar-refractivity contribution in [2.24, 2.45) is 0 Å². The molecular formula is C24H34O5. The molecule has 1 aliphatic rings. The van der Waals surface area contributed by atoms with Gasteiger partial charge in [-0.1, -0.05) is 24.3 Å². The van der Waals surface area contributed by atoms with E-state index in [4.69, 9.17) is 18.9 Å². The van der Waals surface area contributed by atoms with E-state index in [1.54, 1.807) is 7.11 Å². The van der Waals surface area contributed by atoms with E-state index in [2.05, 4.69) is 0 Å². The number of hydrogen-bond acceptors (Lipinski definition) is 5. The van der Waals surface area contributed by atoms with Gasteiger partial charge in [-0.15, -0.1) is 0 Å². The largest absolute Gasteiger partial charge is 0.496 e. The van der Waals surface area contributed by atoms with E-state index >= 15 is 0 Å². The molecule has 2 aromatic carbocycles. The van der Waals surface area contributed by atoms with Crippen LogP contribution in [0.15, 0.2) is 36.4 Å². The van der Waals surface area contributed by atoms with Gasteiger partial charge in [0.1, 0.15) is 30.2 Å². The van der Waals surface area contributed by atoms with Crippen LogP contribution in [0.2, 0.25) is 0 Å². The molecule has 2 aromatic rings. The molecule has 0 bridgehead atoms. The lowest BCUT2D eigenvalue weighted by molar-refractivity contribution is -0.137.